The first-order valence-corrected chi connectivity index (χ1v) is 8.33. The van der Waals surface area contributed by atoms with Gasteiger partial charge >= 0.3 is 0 Å². The van der Waals surface area contributed by atoms with E-state index in [0.29, 0.717) is 24.7 Å². The van der Waals surface area contributed by atoms with Crippen LogP contribution in [0, 0.1) is 6.92 Å². The van der Waals surface area contributed by atoms with Crippen molar-refractivity contribution in [1.82, 2.24) is 4.90 Å². The van der Waals surface area contributed by atoms with Crippen molar-refractivity contribution in [2.24, 2.45) is 0 Å². The highest BCUT2D eigenvalue weighted by molar-refractivity contribution is 5.91. The number of hydrogen-bond donors (Lipinski definition) is 0. The summed E-state index contributed by atoms with van der Waals surface area (Å²) in [4.78, 5) is 14.0. The minimum absolute atomic E-state index is 0.0469. The summed E-state index contributed by atoms with van der Waals surface area (Å²) in [7, 11) is 3.41. The third kappa shape index (κ3) is 5.38. The van der Waals surface area contributed by atoms with Crippen molar-refractivity contribution in [3.8, 4) is 11.5 Å². The zero-order chi connectivity index (χ0) is 18.2. The molecule has 0 bridgehead atoms. The van der Waals surface area contributed by atoms with Gasteiger partial charge in [0.05, 0.1) is 13.7 Å². The van der Waals surface area contributed by atoms with Crippen molar-refractivity contribution in [3.63, 3.8) is 0 Å². The van der Waals surface area contributed by atoms with E-state index in [1.807, 2.05) is 44.2 Å². The number of rotatable bonds is 7. The Balaban J connectivity index is 2.03. The maximum Gasteiger partial charge on any atom is 0.246 e. The molecule has 0 saturated carbocycles. The Morgan fingerprint density at radius 2 is 1.84 bits per heavy atom. The second kappa shape index (κ2) is 8.92. The second-order valence-electron chi connectivity index (χ2n) is 5.86. The van der Waals surface area contributed by atoms with Crippen LogP contribution in [0.25, 0.3) is 6.08 Å². The molecular weight excluding hydrogens is 314 g/mol. The van der Waals surface area contributed by atoms with Crippen LogP contribution < -0.4 is 9.47 Å². The van der Waals surface area contributed by atoms with Gasteiger partial charge in [-0.1, -0.05) is 35.9 Å². The highest BCUT2D eigenvalue weighted by Gasteiger charge is 2.07. The van der Waals surface area contributed by atoms with Crippen molar-refractivity contribution in [2.45, 2.75) is 20.4 Å². The van der Waals surface area contributed by atoms with Gasteiger partial charge in [-0.05, 0) is 43.2 Å². The molecule has 0 aromatic heterocycles. The highest BCUT2D eigenvalue weighted by Crippen LogP contribution is 2.28. The molecule has 0 heterocycles. The molecule has 2 aromatic rings. The van der Waals surface area contributed by atoms with Crippen LogP contribution in [0.1, 0.15) is 23.6 Å². The van der Waals surface area contributed by atoms with Crippen molar-refractivity contribution in [1.29, 1.82) is 0 Å². The van der Waals surface area contributed by atoms with E-state index in [0.717, 1.165) is 11.1 Å². The van der Waals surface area contributed by atoms with E-state index in [4.69, 9.17) is 9.47 Å². The molecule has 0 N–H and O–H groups in total. The first-order chi connectivity index (χ1) is 12.0. The molecule has 0 saturated heterocycles. The van der Waals surface area contributed by atoms with Gasteiger partial charge in [-0.25, -0.2) is 0 Å². The van der Waals surface area contributed by atoms with Crippen LogP contribution in [0.15, 0.2) is 48.5 Å². The van der Waals surface area contributed by atoms with E-state index < -0.39 is 0 Å². The molecule has 0 spiro atoms. The molecule has 25 heavy (non-hydrogen) atoms. The monoisotopic (exact) mass is 339 g/mol. The molecule has 0 radical (unpaired) electrons. The van der Waals surface area contributed by atoms with Gasteiger partial charge in [0, 0.05) is 19.7 Å². The number of amides is 1. The number of methoxy groups -OCH3 is 1. The van der Waals surface area contributed by atoms with Gasteiger partial charge in [-0.3, -0.25) is 4.79 Å². The predicted molar refractivity (Wildman–Crippen MR) is 101 cm³/mol. The third-order valence-electron chi connectivity index (χ3n) is 3.82. The molecule has 4 nitrogen and oxygen atoms in total. The summed E-state index contributed by atoms with van der Waals surface area (Å²) < 4.78 is 10.8. The second-order valence-corrected chi connectivity index (χ2v) is 5.86. The quantitative estimate of drug-likeness (QED) is 0.714. The van der Waals surface area contributed by atoms with Gasteiger partial charge in [0.2, 0.25) is 5.91 Å². The normalized spacial score (nSPS) is 10.7. The lowest BCUT2D eigenvalue weighted by Crippen LogP contribution is -2.24. The van der Waals surface area contributed by atoms with Crippen LogP contribution in [0.4, 0.5) is 0 Å². The Morgan fingerprint density at radius 1 is 1.12 bits per heavy atom. The molecule has 0 atom stereocenters. The number of benzene rings is 2. The minimum atomic E-state index is -0.0469. The summed E-state index contributed by atoms with van der Waals surface area (Å²) in [6.07, 6.45) is 3.36. The van der Waals surface area contributed by atoms with Gasteiger partial charge in [-0.2, -0.15) is 0 Å². The minimum Gasteiger partial charge on any atom is -0.493 e. The number of aryl methyl sites for hydroxylation is 1. The Hall–Kier alpha value is -2.75. The SMILES string of the molecule is CCOc1cc(/C=C/C(=O)N(C)Cc2ccc(C)cc2)ccc1OC. The molecular formula is C21H25NO3. The first kappa shape index (κ1) is 18.6. The highest BCUT2D eigenvalue weighted by atomic mass is 16.5. The molecule has 0 fully saturated rings. The van der Waals surface area contributed by atoms with E-state index in [1.165, 1.54) is 5.56 Å². The molecule has 0 unspecified atom stereocenters. The van der Waals surface area contributed by atoms with Gasteiger partial charge in [0.1, 0.15) is 0 Å². The molecule has 2 rings (SSSR count). The topological polar surface area (TPSA) is 38.8 Å². The maximum atomic E-state index is 12.3. The van der Waals surface area contributed by atoms with Crippen molar-refractivity contribution in [3.05, 3.63) is 65.2 Å². The van der Waals surface area contributed by atoms with Crippen LogP contribution in [0.2, 0.25) is 0 Å². The van der Waals surface area contributed by atoms with E-state index in [9.17, 15) is 4.79 Å². The van der Waals surface area contributed by atoms with E-state index in [-0.39, 0.29) is 5.91 Å². The lowest BCUT2D eigenvalue weighted by molar-refractivity contribution is -0.125. The summed E-state index contributed by atoms with van der Waals surface area (Å²) in [5.74, 6) is 1.31. The number of hydrogen-bond acceptors (Lipinski definition) is 3. The van der Waals surface area contributed by atoms with Crippen LogP contribution in [0.5, 0.6) is 11.5 Å². The molecule has 1 amide bonds. The third-order valence-corrected chi connectivity index (χ3v) is 3.82. The van der Waals surface area contributed by atoms with Gasteiger partial charge in [0.25, 0.3) is 0 Å². The number of carbonyl (C=O) groups excluding carboxylic acids is 1. The van der Waals surface area contributed by atoms with Crippen LogP contribution >= 0.6 is 0 Å². The Morgan fingerprint density at radius 3 is 2.48 bits per heavy atom. The lowest BCUT2D eigenvalue weighted by atomic mass is 10.1. The summed E-state index contributed by atoms with van der Waals surface area (Å²) in [6.45, 7) is 5.11. The molecule has 132 valence electrons. The average Bonchev–Trinajstić information content (AvgIpc) is 2.62. The summed E-state index contributed by atoms with van der Waals surface area (Å²) in [5, 5.41) is 0. The number of ether oxygens (including phenoxy) is 2. The fraction of sp³-hybridized carbons (Fsp3) is 0.286. The smallest absolute Gasteiger partial charge is 0.246 e. The molecule has 4 heteroatoms. The Kier molecular flexibility index (Phi) is 6.63. The molecule has 0 aliphatic rings. The average molecular weight is 339 g/mol. The van der Waals surface area contributed by atoms with Crippen molar-refractivity contribution >= 4 is 12.0 Å². The summed E-state index contributed by atoms with van der Waals surface area (Å²) >= 11 is 0. The van der Waals surface area contributed by atoms with Gasteiger partial charge < -0.3 is 14.4 Å². The van der Waals surface area contributed by atoms with Gasteiger partial charge in [-0.15, -0.1) is 0 Å². The largest absolute Gasteiger partial charge is 0.493 e. The number of nitrogens with zero attached hydrogens (tertiary/aromatic N) is 1. The van der Waals surface area contributed by atoms with Crippen LogP contribution in [-0.2, 0) is 11.3 Å². The predicted octanol–water partition coefficient (Wildman–Crippen LogP) is 4.07. The fourth-order valence-corrected chi connectivity index (χ4v) is 2.41. The molecule has 2 aromatic carbocycles. The standard InChI is InChI=1S/C21H25NO3/c1-5-25-20-14-17(10-12-19(20)24-4)11-13-21(23)22(3)15-18-8-6-16(2)7-9-18/h6-14H,5,15H2,1-4H3/b13-11+. The van der Waals surface area contributed by atoms with E-state index in [1.54, 1.807) is 31.2 Å². The zero-order valence-corrected chi connectivity index (χ0v) is 15.3. The zero-order valence-electron chi connectivity index (χ0n) is 15.3. The van der Waals surface area contributed by atoms with Crippen LogP contribution in [0.3, 0.4) is 0 Å². The molecule has 0 aliphatic carbocycles. The lowest BCUT2D eigenvalue weighted by Gasteiger charge is -2.15. The van der Waals surface area contributed by atoms with Gasteiger partial charge in [0.15, 0.2) is 11.5 Å². The first-order valence-electron chi connectivity index (χ1n) is 8.33. The Bertz CT molecular complexity index is 735. The van der Waals surface area contributed by atoms with Crippen molar-refractivity contribution in [2.75, 3.05) is 20.8 Å². The summed E-state index contributed by atoms with van der Waals surface area (Å²) in [5.41, 5.74) is 3.21. The fourth-order valence-electron chi connectivity index (χ4n) is 2.41. The molecule has 0 aliphatic heterocycles. The Labute approximate surface area is 149 Å². The number of likely N-dealkylation sites (N-methyl/N-ethyl adjacent to an activating group) is 1. The van der Waals surface area contributed by atoms with E-state index in [2.05, 4.69) is 12.1 Å². The van der Waals surface area contributed by atoms with Crippen molar-refractivity contribution < 1.29 is 14.3 Å². The maximum absolute atomic E-state index is 12.3. The summed E-state index contributed by atoms with van der Waals surface area (Å²) in [6, 6.07) is 13.8. The number of carbonyl (C=O) groups is 1. The van der Waals surface area contributed by atoms with Crippen LogP contribution in [-0.4, -0.2) is 31.6 Å². The van der Waals surface area contributed by atoms with E-state index >= 15 is 0 Å².